The highest BCUT2D eigenvalue weighted by Crippen LogP contribution is 2.63. The molecule has 4 heteroatoms. The predicted octanol–water partition coefficient (Wildman–Crippen LogP) is 3.49. The Labute approximate surface area is 138 Å². The number of fused-ring (bicyclic) bond motifs is 3. The molecule has 0 saturated heterocycles. The van der Waals surface area contributed by atoms with Crippen LogP contribution in [0.5, 0.6) is 0 Å². The van der Waals surface area contributed by atoms with Crippen LogP contribution in [0.2, 0.25) is 0 Å². The van der Waals surface area contributed by atoms with Crippen molar-refractivity contribution < 1.29 is 14.2 Å². The van der Waals surface area contributed by atoms with Gasteiger partial charge in [0.15, 0.2) is 0 Å². The van der Waals surface area contributed by atoms with E-state index >= 15 is 0 Å². The van der Waals surface area contributed by atoms with E-state index in [0.29, 0.717) is 19.3 Å². The molecule has 3 aliphatic rings. The Morgan fingerprint density at radius 1 is 1.26 bits per heavy atom. The normalized spacial score (nSPS) is 35.0. The summed E-state index contributed by atoms with van der Waals surface area (Å²) in [6.45, 7) is 6.54. The molecule has 3 nitrogen and oxygen atoms in total. The average molecular weight is 312 g/mol. The SMILES string of the molecule is CC1(C)[C@@H]2C[C@@H](OBCc3coc4ccccc34)[C@@](C)(O)[C@H]1C2. The molecular formula is C19H25BO3. The van der Waals surface area contributed by atoms with Crippen LogP contribution in [0, 0.1) is 17.3 Å². The van der Waals surface area contributed by atoms with Gasteiger partial charge in [-0.2, -0.15) is 0 Å². The van der Waals surface area contributed by atoms with Crippen LogP contribution in [0.1, 0.15) is 39.2 Å². The Kier molecular flexibility index (Phi) is 3.40. The van der Waals surface area contributed by atoms with Gasteiger partial charge in [0.25, 0.3) is 7.48 Å². The third-order valence-corrected chi connectivity index (χ3v) is 6.58. The van der Waals surface area contributed by atoms with Crippen molar-refractivity contribution >= 4 is 18.5 Å². The molecule has 122 valence electrons. The van der Waals surface area contributed by atoms with Gasteiger partial charge in [-0.05, 0) is 55.0 Å². The van der Waals surface area contributed by atoms with Crippen molar-refractivity contribution in [2.24, 2.45) is 17.3 Å². The fourth-order valence-corrected chi connectivity index (χ4v) is 4.90. The Bertz CT molecular complexity index is 718. The van der Waals surface area contributed by atoms with Gasteiger partial charge in [-0.15, -0.1) is 0 Å². The summed E-state index contributed by atoms with van der Waals surface area (Å²) in [6.07, 6.45) is 4.72. The minimum Gasteiger partial charge on any atom is -0.464 e. The van der Waals surface area contributed by atoms with E-state index in [1.807, 2.05) is 31.4 Å². The van der Waals surface area contributed by atoms with Gasteiger partial charge in [0, 0.05) is 5.39 Å². The van der Waals surface area contributed by atoms with Crippen molar-refractivity contribution in [3.8, 4) is 0 Å². The van der Waals surface area contributed by atoms with E-state index in [1.165, 1.54) is 5.56 Å². The van der Waals surface area contributed by atoms with Crippen molar-refractivity contribution in [1.29, 1.82) is 0 Å². The molecule has 2 bridgehead atoms. The topological polar surface area (TPSA) is 42.6 Å². The Hall–Kier alpha value is -1.26. The van der Waals surface area contributed by atoms with Crippen LogP contribution in [-0.4, -0.2) is 24.3 Å². The maximum Gasteiger partial charge on any atom is 0.280 e. The molecule has 1 aromatic carbocycles. The molecule has 0 unspecified atom stereocenters. The Morgan fingerprint density at radius 2 is 2.04 bits per heavy atom. The zero-order valence-electron chi connectivity index (χ0n) is 14.2. The third kappa shape index (κ3) is 2.26. The second kappa shape index (κ2) is 5.12. The summed E-state index contributed by atoms with van der Waals surface area (Å²) >= 11 is 0. The highest BCUT2D eigenvalue weighted by atomic mass is 16.5. The van der Waals surface area contributed by atoms with Crippen molar-refractivity contribution in [3.63, 3.8) is 0 Å². The molecule has 3 saturated carbocycles. The average Bonchev–Trinajstić information content (AvgIpc) is 2.91. The van der Waals surface area contributed by atoms with E-state index in [-0.39, 0.29) is 11.5 Å². The van der Waals surface area contributed by atoms with Crippen LogP contribution < -0.4 is 0 Å². The molecule has 4 atom stereocenters. The van der Waals surface area contributed by atoms with Crippen molar-refractivity contribution in [3.05, 3.63) is 36.1 Å². The lowest BCUT2D eigenvalue weighted by Gasteiger charge is -2.65. The smallest absolute Gasteiger partial charge is 0.280 e. The second-order valence-electron chi connectivity index (χ2n) is 8.13. The first-order valence-corrected chi connectivity index (χ1v) is 8.70. The molecule has 0 aliphatic heterocycles. The lowest BCUT2D eigenvalue weighted by atomic mass is 9.43. The predicted molar refractivity (Wildman–Crippen MR) is 92.6 cm³/mol. The molecule has 0 radical (unpaired) electrons. The number of aliphatic hydroxyl groups is 1. The van der Waals surface area contributed by atoms with E-state index in [4.69, 9.17) is 9.07 Å². The fraction of sp³-hybridized carbons (Fsp3) is 0.579. The number of rotatable bonds is 4. The lowest BCUT2D eigenvalue weighted by Crippen LogP contribution is -2.67. The first-order valence-electron chi connectivity index (χ1n) is 8.70. The molecule has 3 fully saturated rings. The van der Waals surface area contributed by atoms with Gasteiger partial charge >= 0.3 is 0 Å². The summed E-state index contributed by atoms with van der Waals surface area (Å²) in [6, 6.07) is 8.09. The highest BCUT2D eigenvalue weighted by Gasteiger charge is 2.62. The molecule has 1 aromatic heterocycles. The molecule has 0 amide bonds. The maximum absolute atomic E-state index is 11.0. The first kappa shape index (κ1) is 15.3. The standard InChI is InChI=1S/C19H25BO3/c1-18(2)13-8-16(18)19(3,21)17(9-13)23-20-10-12-11-22-15-7-5-4-6-14(12)15/h4-7,11,13,16-17,20-21H,8-10H2,1-3H3/t13-,16-,17+,19-/m0/s1. The zero-order chi connectivity index (χ0) is 16.2. The van der Waals surface area contributed by atoms with Crippen LogP contribution >= 0.6 is 0 Å². The first-order chi connectivity index (χ1) is 10.9. The Morgan fingerprint density at radius 3 is 2.78 bits per heavy atom. The van der Waals surface area contributed by atoms with Crippen LogP contribution in [0.15, 0.2) is 34.9 Å². The molecule has 23 heavy (non-hydrogen) atoms. The quantitative estimate of drug-likeness (QED) is 0.879. The van der Waals surface area contributed by atoms with E-state index in [0.717, 1.165) is 30.1 Å². The fourth-order valence-electron chi connectivity index (χ4n) is 4.90. The lowest BCUT2D eigenvalue weighted by molar-refractivity contribution is -0.238. The van der Waals surface area contributed by atoms with Gasteiger partial charge < -0.3 is 14.2 Å². The van der Waals surface area contributed by atoms with E-state index in [1.54, 1.807) is 0 Å². The molecular weight excluding hydrogens is 287 g/mol. The summed E-state index contributed by atoms with van der Waals surface area (Å²) in [5.74, 6) is 1.04. The number of benzene rings is 1. The molecule has 2 aromatic rings. The van der Waals surface area contributed by atoms with Crippen LogP contribution in [0.25, 0.3) is 11.0 Å². The van der Waals surface area contributed by atoms with Crippen molar-refractivity contribution in [2.45, 2.75) is 51.6 Å². The summed E-state index contributed by atoms with van der Waals surface area (Å²) in [5, 5.41) is 12.1. The molecule has 0 spiro atoms. The summed E-state index contributed by atoms with van der Waals surface area (Å²) in [7, 11) is 0.629. The van der Waals surface area contributed by atoms with Crippen molar-refractivity contribution in [2.75, 3.05) is 0 Å². The Balaban J connectivity index is 1.40. The molecule has 1 heterocycles. The minimum atomic E-state index is -0.712. The zero-order valence-corrected chi connectivity index (χ0v) is 14.2. The molecule has 5 rings (SSSR count). The van der Waals surface area contributed by atoms with Crippen LogP contribution in [-0.2, 0) is 11.0 Å². The maximum atomic E-state index is 11.0. The summed E-state index contributed by atoms with van der Waals surface area (Å²) < 4.78 is 11.7. The number of furan rings is 1. The number of para-hydroxylation sites is 1. The summed E-state index contributed by atoms with van der Waals surface area (Å²) in [4.78, 5) is 0. The summed E-state index contributed by atoms with van der Waals surface area (Å²) in [5.41, 5.74) is 1.65. The minimum absolute atomic E-state index is 0.0440. The van der Waals surface area contributed by atoms with Gasteiger partial charge in [-0.25, -0.2) is 0 Å². The van der Waals surface area contributed by atoms with Crippen LogP contribution in [0.4, 0.5) is 0 Å². The van der Waals surface area contributed by atoms with E-state index < -0.39 is 5.60 Å². The van der Waals surface area contributed by atoms with Gasteiger partial charge in [-0.1, -0.05) is 32.0 Å². The van der Waals surface area contributed by atoms with Crippen molar-refractivity contribution in [1.82, 2.24) is 0 Å². The van der Waals surface area contributed by atoms with Gasteiger partial charge in [0.1, 0.15) is 5.58 Å². The number of hydrogen-bond acceptors (Lipinski definition) is 3. The highest BCUT2D eigenvalue weighted by molar-refractivity contribution is 6.27. The van der Waals surface area contributed by atoms with E-state index in [9.17, 15) is 5.11 Å². The van der Waals surface area contributed by atoms with Crippen LogP contribution in [0.3, 0.4) is 0 Å². The van der Waals surface area contributed by atoms with Gasteiger partial charge in [0.2, 0.25) is 0 Å². The van der Waals surface area contributed by atoms with Gasteiger partial charge in [0.05, 0.1) is 18.0 Å². The number of hydrogen-bond donors (Lipinski definition) is 1. The second-order valence-corrected chi connectivity index (χ2v) is 8.13. The monoisotopic (exact) mass is 312 g/mol. The molecule has 3 aliphatic carbocycles. The van der Waals surface area contributed by atoms with E-state index in [2.05, 4.69) is 19.9 Å². The largest absolute Gasteiger partial charge is 0.464 e. The van der Waals surface area contributed by atoms with Gasteiger partial charge in [-0.3, -0.25) is 0 Å². The molecule has 1 N–H and O–H groups in total. The third-order valence-electron chi connectivity index (χ3n) is 6.58.